The van der Waals surface area contributed by atoms with Crippen LogP contribution in [0.3, 0.4) is 0 Å². The highest BCUT2D eigenvalue weighted by Gasteiger charge is 2.26. The van der Waals surface area contributed by atoms with E-state index in [1.165, 1.54) is 7.11 Å². The third kappa shape index (κ3) is 2.61. The lowest BCUT2D eigenvalue weighted by atomic mass is 9.94. The Hall–Kier alpha value is -1.88. The van der Waals surface area contributed by atoms with Crippen molar-refractivity contribution in [1.29, 1.82) is 0 Å². The van der Waals surface area contributed by atoms with E-state index >= 15 is 0 Å². The van der Waals surface area contributed by atoms with Crippen LogP contribution in [0.5, 0.6) is 0 Å². The number of carbonyl (C=O) groups is 2. The molecule has 1 N–H and O–H groups in total. The zero-order valence-electron chi connectivity index (χ0n) is 11.0. The minimum Gasteiger partial charge on any atom is -0.478 e. The van der Waals surface area contributed by atoms with E-state index in [2.05, 4.69) is 0 Å². The van der Waals surface area contributed by atoms with Crippen molar-refractivity contribution in [1.82, 2.24) is 4.90 Å². The average molecular weight is 263 g/mol. The van der Waals surface area contributed by atoms with E-state index < -0.39 is 12.1 Å². The van der Waals surface area contributed by atoms with Crippen LogP contribution in [-0.2, 0) is 22.5 Å². The number of hydrogen-bond acceptors (Lipinski definition) is 3. The standard InChI is InChI=1S/C14H17NO4/c1-9(19-2)13(16)15-7-6-11-10(8-15)4-3-5-12(11)14(17)18/h3-5,9H,6-8H2,1-2H3,(H,17,18). The van der Waals surface area contributed by atoms with Crippen molar-refractivity contribution in [2.45, 2.75) is 26.0 Å². The molecule has 1 aliphatic heterocycles. The highest BCUT2D eigenvalue weighted by Crippen LogP contribution is 2.23. The van der Waals surface area contributed by atoms with Crippen LogP contribution >= 0.6 is 0 Å². The molecule has 1 aliphatic rings. The minimum atomic E-state index is -0.915. The van der Waals surface area contributed by atoms with Gasteiger partial charge in [0.25, 0.3) is 5.91 Å². The summed E-state index contributed by atoms with van der Waals surface area (Å²) < 4.78 is 5.03. The summed E-state index contributed by atoms with van der Waals surface area (Å²) in [5.41, 5.74) is 2.08. The Bertz CT molecular complexity index is 512. The summed E-state index contributed by atoms with van der Waals surface area (Å²) >= 11 is 0. The third-order valence-electron chi connectivity index (χ3n) is 3.51. The van der Waals surface area contributed by atoms with Crippen LogP contribution in [0.2, 0.25) is 0 Å². The summed E-state index contributed by atoms with van der Waals surface area (Å²) in [5.74, 6) is -0.976. The second kappa shape index (κ2) is 5.40. The zero-order chi connectivity index (χ0) is 14.0. The van der Waals surface area contributed by atoms with Crippen LogP contribution in [0.1, 0.15) is 28.4 Å². The zero-order valence-corrected chi connectivity index (χ0v) is 11.0. The Labute approximate surface area is 111 Å². The van der Waals surface area contributed by atoms with E-state index in [0.29, 0.717) is 25.1 Å². The SMILES string of the molecule is COC(C)C(=O)N1CCc2c(cccc2C(=O)O)C1. The molecule has 0 radical (unpaired) electrons. The van der Waals surface area contributed by atoms with Crippen LogP contribution in [0.25, 0.3) is 0 Å². The summed E-state index contributed by atoms with van der Waals surface area (Å²) in [4.78, 5) is 24.9. The Kier molecular flexibility index (Phi) is 3.85. The molecule has 19 heavy (non-hydrogen) atoms. The smallest absolute Gasteiger partial charge is 0.335 e. The van der Waals surface area contributed by atoms with Gasteiger partial charge < -0.3 is 14.7 Å². The first kappa shape index (κ1) is 13.5. The normalized spacial score (nSPS) is 15.8. The molecule has 1 aromatic rings. The van der Waals surface area contributed by atoms with Gasteiger partial charge >= 0.3 is 5.97 Å². The fourth-order valence-corrected chi connectivity index (χ4v) is 2.36. The van der Waals surface area contributed by atoms with E-state index in [-0.39, 0.29) is 5.91 Å². The first-order chi connectivity index (χ1) is 9.04. The van der Waals surface area contributed by atoms with Gasteiger partial charge in [-0.15, -0.1) is 0 Å². The van der Waals surface area contributed by atoms with Gasteiger partial charge in [-0.2, -0.15) is 0 Å². The molecule has 0 saturated heterocycles. The molecular weight excluding hydrogens is 246 g/mol. The number of nitrogens with zero attached hydrogens (tertiary/aromatic N) is 1. The summed E-state index contributed by atoms with van der Waals surface area (Å²) in [5, 5.41) is 9.14. The lowest BCUT2D eigenvalue weighted by Crippen LogP contribution is -2.42. The molecule has 5 heteroatoms. The Morgan fingerprint density at radius 1 is 1.42 bits per heavy atom. The molecule has 0 spiro atoms. The molecule has 1 atom stereocenters. The molecule has 5 nitrogen and oxygen atoms in total. The summed E-state index contributed by atoms with van der Waals surface area (Å²) in [6, 6.07) is 5.20. The molecule has 2 rings (SSSR count). The molecule has 0 bridgehead atoms. The maximum atomic E-state index is 12.0. The lowest BCUT2D eigenvalue weighted by Gasteiger charge is -2.31. The topological polar surface area (TPSA) is 66.8 Å². The third-order valence-corrected chi connectivity index (χ3v) is 3.51. The van der Waals surface area contributed by atoms with E-state index in [1.807, 2.05) is 6.07 Å². The number of fused-ring (bicyclic) bond motifs is 1. The molecule has 0 saturated carbocycles. The van der Waals surface area contributed by atoms with Gasteiger partial charge in [-0.05, 0) is 30.5 Å². The maximum absolute atomic E-state index is 12.0. The van der Waals surface area contributed by atoms with Crippen molar-refractivity contribution in [3.05, 3.63) is 34.9 Å². The quantitative estimate of drug-likeness (QED) is 0.892. The van der Waals surface area contributed by atoms with Crippen LogP contribution in [0.15, 0.2) is 18.2 Å². The predicted molar refractivity (Wildman–Crippen MR) is 69.0 cm³/mol. The molecule has 1 amide bonds. The number of amides is 1. The molecule has 1 heterocycles. The van der Waals surface area contributed by atoms with E-state index in [1.54, 1.807) is 24.0 Å². The van der Waals surface area contributed by atoms with E-state index in [9.17, 15) is 9.59 Å². The van der Waals surface area contributed by atoms with Gasteiger partial charge in [0.2, 0.25) is 0 Å². The second-order valence-electron chi connectivity index (χ2n) is 4.64. The first-order valence-electron chi connectivity index (χ1n) is 6.20. The van der Waals surface area contributed by atoms with Crippen LogP contribution < -0.4 is 0 Å². The van der Waals surface area contributed by atoms with Gasteiger partial charge in [0, 0.05) is 20.2 Å². The summed E-state index contributed by atoms with van der Waals surface area (Å²) in [6.07, 6.45) is 0.101. The van der Waals surface area contributed by atoms with Crippen molar-refractivity contribution >= 4 is 11.9 Å². The minimum absolute atomic E-state index is 0.0612. The number of carboxylic acids is 1. The summed E-state index contributed by atoms with van der Waals surface area (Å²) in [7, 11) is 1.50. The molecular formula is C14H17NO4. The highest BCUT2D eigenvalue weighted by atomic mass is 16.5. The number of rotatable bonds is 3. The van der Waals surface area contributed by atoms with Gasteiger partial charge in [0.15, 0.2) is 0 Å². The highest BCUT2D eigenvalue weighted by molar-refractivity contribution is 5.90. The monoisotopic (exact) mass is 263 g/mol. The van der Waals surface area contributed by atoms with Crippen molar-refractivity contribution in [2.75, 3.05) is 13.7 Å². The fourth-order valence-electron chi connectivity index (χ4n) is 2.36. The molecule has 0 fully saturated rings. The number of methoxy groups -OCH3 is 1. The molecule has 0 aromatic heterocycles. The predicted octanol–water partition coefficient (Wildman–Crippen LogP) is 1.30. The number of ether oxygens (including phenoxy) is 1. The van der Waals surface area contributed by atoms with Crippen molar-refractivity contribution in [2.24, 2.45) is 0 Å². The van der Waals surface area contributed by atoms with Gasteiger partial charge in [-0.25, -0.2) is 4.79 Å². The van der Waals surface area contributed by atoms with Gasteiger partial charge in [-0.1, -0.05) is 12.1 Å². The number of carboxylic acid groups (broad SMARTS) is 1. The molecule has 1 aromatic carbocycles. The van der Waals surface area contributed by atoms with Crippen LogP contribution in [0.4, 0.5) is 0 Å². The molecule has 1 unspecified atom stereocenters. The van der Waals surface area contributed by atoms with Crippen molar-refractivity contribution in [3.63, 3.8) is 0 Å². The summed E-state index contributed by atoms with van der Waals surface area (Å²) in [6.45, 7) is 2.69. The lowest BCUT2D eigenvalue weighted by molar-refractivity contribution is -0.141. The molecule has 102 valence electrons. The van der Waals surface area contributed by atoms with Crippen LogP contribution in [-0.4, -0.2) is 41.6 Å². The first-order valence-corrected chi connectivity index (χ1v) is 6.20. The fraction of sp³-hybridized carbons (Fsp3) is 0.429. The largest absolute Gasteiger partial charge is 0.478 e. The van der Waals surface area contributed by atoms with E-state index in [0.717, 1.165) is 11.1 Å². The Balaban J connectivity index is 2.24. The van der Waals surface area contributed by atoms with Crippen molar-refractivity contribution < 1.29 is 19.4 Å². The van der Waals surface area contributed by atoms with Gasteiger partial charge in [-0.3, -0.25) is 4.79 Å². The Morgan fingerprint density at radius 3 is 2.79 bits per heavy atom. The van der Waals surface area contributed by atoms with Gasteiger partial charge in [0.05, 0.1) is 5.56 Å². The van der Waals surface area contributed by atoms with Gasteiger partial charge in [0.1, 0.15) is 6.10 Å². The Morgan fingerprint density at radius 2 is 2.16 bits per heavy atom. The maximum Gasteiger partial charge on any atom is 0.335 e. The van der Waals surface area contributed by atoms with Crippen molar-refractivity contribution in [3.8, 4) is 0 Å². The van der Waals surface area contributed by atoms with E-state index in [4.69, 9.17) is 9.84 Å². The second-order valence-corrected chi connectivity index (χ2v) is 4.64. The molecule has 0 aliphatic carbocycles. The van der Waals surface area contributed by atoms with Crippen LogP contribution in [0, 0.1) is 0 Å². The average Bonchev–Trinajstić information content (AvgIpc) is 2.44. The number of hydrogen-bond donors (Lipinski definition) is 1. The number of carbonyl (C=O) groups excluding carboxylic acids is 1. The number of benzene rings is 1. The number of aromatic carboxylic acids is 1.